The Morgan fingerprint density at radius 3 is 2.62 bits per heavy atom. The third kappa shape index (κ3) is 4.09. The van der Waals surface area contributed by atoms with Crippen molar-refractivity contribution in [1.82, 2.24) is 20.0 Å². The molecule has 2 aromatic carbocycles. The first kappa shape index (κ1) is 18.1. The fourth-order valence-corrected chi connectivity index (χ4v) is 3.56. The van der Waals surface area contributed by atoms with Crippen LogP contribution in [0.25, 0.3) is 11.0 Å². The Morgan fingerprint density at radius 2 is 1.88 bits per heavy atom. The summed E-state index contributed by atoms with van der Waals surface area (Å²) in [5, 5.41) is 2.70. The van der Waals surface area contributed by atoms with E-state index >= 15 is 0 Å². The summed E-state index contributed by atoms with van der Waals surface area (Å²) in [5.74, 6) is -0.270. The van der Waals surface area contributed by atoms with Crippen molar-refractivity contribution in [3.05, 3.63) is 59.9 Å². The van der Waals surface area contributed by atoms with Crippen molar-refractivity contribution in [3.8, 4) is 0 Å². The van der Waals surface area contributed by atoms with Gasteiger partial charge in [0.05, 0.1) is 22.3 Å². The van der Waals surface area contributed by atoms with Crippen molar-refractivity contribution in [2.24, 2.45) is 0 Å². The number of sulfonamides is 1. The first-order valence-electron chi connectivity index (χ1n) is 8.29. The number of amides is 1. The van der Waals surface area contributed by atoms with Gasteiger partial charge in [-0.15, -0.1) is 0 Å². The van der Waals surface area contributed by atoms with E-state index in [1.165, 1.54) is 0 Å². The lowest BCUT2D eigenvalue weighted by molar-refractivity contribution is 0.0954. The van der Waals surface area contributed by atoms with Gasteiger partial charge in [0.15, 0.2) is 0 Å². The number of carbonyl (C=O) groups excluding carboxylic acids is 1. The van der Waals surface area contributed by atoms with E-state index in [2.05, 4.69) is 20.0 Å². The highest BCUT2D eigenvalue weighted by Crippen LogP contribution is 2.12. The quantitative estimate of drug-likeness (QED) is 0.550. The second kappa shape index (κ2) is 7.67. The minimum Gasteiger partial charge on any atom is -0.351 e. The summed E-state index contributed by atoms with van der Waals surface area (Å²) in [5.41, 5.74) is 3.11. The van der Waals surface area contributed by atoms with Crippen LogP contribution < -0.4 is 10.0 Å². The van der Waals surface area contributed by atoms with Crippen LogP contribution in [0, 0.1) is 0 Å². The number of fused-ring (bicyclic) bond motifs is 1. The van der Waals surface area contributed by atoms with Crippen molar-refractivity contribution < 1.29 is 13.2 Å². The Morgan fingerprint density at radius 1 is 1.12 bits per heavy atom. The van der Waals surface area contributed by atoms with Gasteiger partial charge >= 0.3 is 0 Å². The van der Waals surface area contributed by atoms with E-state index in [-0.39, 0.29) is 23.9 Å². The first-order valence-corrected chi connectivity index (χ1v) is 9.78. The van der Waals surface area contributed by atoms with Gasteiger partial charge in [0.2, 0.25) is 10.0 Å². The number of aromatic nitrogens is 2. The molecule has 0 fully saturated rings. The smallest absolute Gasteiger partial charge is 0.251 e. The number of nitrogens with one attached hydrogen (secondary N) is 3. The molecule has 26 heavy (non-hydrogen) atoms. The van der Waals surface area contributed by atoms with Crippen molar-refractivity contribution in [2.45, 2.75) is 18.2 Å². The Hall–Kier alpha value is -2.71. The molecule has 0 saturated heterocycles. The maximum Gasteiger partial charge on any atom is 0.251 e. The number of hydrogen-bond donors (Lipinski definition) is 3. The fourth-order valence-electron chi connectivity index (χ4n) is 2.53. The van der Waals surface area contributed by atoms with E-state index in [1.54, 1.807) is 48.8 Å². The highest BCUT2D eigenvalue weighted by atomic mass is 32.2. The lowest BCUT2D eigenvalue weighted by Crippen LogP contribution is -2.34. The van der Waals surface area contributed by atoms with E-state index in [4.69, 9.17) is 0 Å². The van der Waals surface area contributed by atoms with Gasteiger partial charge in [0.1, 0.15) is 0 Å². The predicted molar refractivity (Wildman–Crippen MR) is 99.4 cm³/mol. The summed E-state index contributed by atoms with van der Waals surface area (Å²) in [7, 11) is -3.58. The molecule has 0 bridgehead atoms. The number of aryl methyl sites for hydroxylation is 1. The van der Waals surface area contributed by atoms with Crippen LogP contribution in [0.4, 0.5) is 0 Å². The van der Waals surface area contributed by atoms with Crippen LogP contribution in [0.5, 0.6) is 0 Å². The molecule has 3 N–H and O–H groups in total. The number of nitrogens with zero attached hydrogens (tertiary/aromatic N) is 1. The van der Waals surface area contributed by atoms with E-state index in [9.17, 15) is 13.2 Å². The Bertz CT molecular complexity index is 1010. The molecule has 0 aliphatic carbocycles. The third-order valence-corrected chi connectivity index (χ3v) is 5.50. The largest absolute Gasteiger partial charge is 0.351 e. The second-order valence-corrected chi connectivity index (χ2v) is 7.55. The van der Waals surface area contributed by atoms with E-state index in [0.29, 0.717) is 5.56 Å². The predicted octanol–water partition coefficient (Wildman–Crippen LogP) is 1.83. The molecule has 3 aromatic rings. The summed E-state index contributed by atoms with van der Waals surface area (Å²) in [6, 6.07) is 11.9. The number of benzene rings is 2. The fraction of sp³-hybridized carbons (Fsp3) is 0.222. The Kier molecular flexibility index (Phi) is 5.34. The zero-order valence-electron chi connectivity index (χ0n) is 14.3. The highest BCUT2D eigenvalue weighted by Gasteiger charge is 2.13. The molecule has 1 aromatic heterocycles. The first-order chi connectivity index (χ1) is 12.5. The molecule has 1 amide bonds. The van der Waals surface area contributed by atoms with E-state index < -0.39 is 10.0 Å². The number of aromatic amines is 1. The molecule has 0 spiro atoms. The van der Waals surface area contributed by atoms with Crippen LogP contribution in [-0.2, 0) is 16.4 Å². The van der Waals surface area contributed by atoms with Gasteiger partial charge < -0.3 is 10.3 Å². The van der Waals surface area contributed by atoms with Crippen LogP contribution >= 0.6 is 0 Å². The topological polar surface area (TPSA) is 104 Å². The summed E-state index contributed by atoms with van der Waals surface area (Å²) in [6.07, 6.45) is 2.41. The van der Waals surface area contributed by atoms with Crippen molar-refractivity contribution >= 4 is 27.0 Å². The Balaban J connectivity index is 1.53. The van der Waals surface area contributed by atoms with Gasteiger partial charge in [-0.25, -0.2) is 18.1 Å². The summed E-state index contributed by atoms with van der Waals surface area (Å²) in [4.78, 5) is 19.4. The van der Waals surface area contributed by atoms with Crippen LogP contribution in [0.1, 0.15) is 22.8 Å². The minimum atomic E-state index is -3.58. The molecule has 7 nitrogen and oxygen atoms in total. The molecular formula is C18H20N4O3S. The van der Waals surface area contributed by atoms with Gasteiger partial charge in [0.25, 0.3) is 5.91 Å². The van der Waals surface area contributed by atoms with Crippen molar-refractivity contribution in [1.29, 1.82) is 0 Å². The molecule has 8 heteroatoms. The van der Waals surface area contributed by atoms with Crippen LogP contribution in [0.3, 0.4) is 0 Å². The number of imidazole rings is 1. The molecule has 136 valence electrons. The van der Waals surface area contributed by atoms with Gasteiger partial charge in [-0.05, 0) is 42.3 Å². The maximum absolute atomic E-state index is 12.2. The molecule has 0 radical (unpaired) electrons. The Labute approximate surface area is 151 Å². The zero-order chi connectivity index (χ0) is 18.6. The number of hydrogen-bond acceptors (Lipinski definition) is 4. The van der Waals surface area contributed by atoms with E-state index in [0.717, 1.165) is 23.0 Å². The minimum absolute atomic E-state index is 0.107. The summed E-state index contributed by atoms with van der Waals surface area (Å²) >= 11 is 0. The van der Waals surface area contributed by atoms with Gasteiger partial charge in [-0.1, -0.05) is 19.1 Å². The highest BCUT2D eigenvalue weighted by molar-refractivity contribution is 7.89. The lowest BCUT2D eigenvalue weighted by atomic mass is 10.2. The lowest BCUT2D eigenvalue weighted by Gasteiger charge is -2.09. The number of H-pyrrole nitrogens is 1. The van der Waals surface area contributed by atoms with Gasteiger partial charge in [-0.2, -0.15) is 0 Å². The third-order valence-electron chi connectivity index (χ3n) is 4.03. The molecule has 1 heterocycles. The number of rotatable bonds is 7. The second-order valence-electron chi connectivity index (χ2n) is 5.79. The van der Waals surface area contributed by atoms with Crippen LogP contribution in [-0.4, -0.2) is 37.4 Å². The molecule has 0 aliphatic rings. The average molecular weight is 372 g/mol. The molecule has 0 unspecified atom stereocenters. The van der Waals surface area contributed by atoms with Gasteiger partial charge in [0, 0.05) is 18.7 Å². The standard InChI is InChI=1S/C18H20N4O3S/c1-2-13-3-6-15(7-4-13)26(24,25)22-10-9-19-18(23)14-5-8-16-17(11-14)21-12-20-16/h3-8,11-12,22H,2,9-10H2,1H3,(H,19,23)(H,20,21). The van der Waals surface area contributed by atoms with Crippen molar-refractivity contribution in [2.75, 3.05) is 13.1 Å². The summed E-state index contributed by atoms with van der Waals surface area (Å²) in [6.45, 7) is 2.30. The van der Waals surface area contributed by atoms with Crippen LogP contribution in [0.15, 0.2) is 53.7 Å². The molecule has 3 rings (SSSR count). The normalized spacial score (nSPS) is 11.6. The zero-order valence-corrected chi connectivity index (χ0v) is 15.1. The molecule has 0 atom stereocenters. The molecule has 0 saturated carbocycles. The maximum atomic E-state index is 12.2. The van der Waals surface area contributed by atoms with E-state index in [1.807, 2.05) is 6.92 Å². The summed E-state index contributed by atoms with van der Waals surface area (Å²) < 4.78 is 26.9. The molecular weight excluding hydrogens is 352 g/mol. The monoisotopic (exact) mass is 372 g/mol. The molecule has 0 aliphatic heterocycles. The number of carbonyl (C=O) groups is 1. The average Bonchev–Trinajstić information content (AvgIpc) is 3.13. The van der Waals surface area contributed by atoms with Gasteiger partial charge in [-0.3, -0.25) is 4.79 Å². The van der Waals surface area contributed by atoms with Crippen molar-refractivity contribution in [3.63, 3.8) is 0 Å². The van der Waals surface area contributed by atoms with Crippen LogP contribution in [0.2, 0.25) is 0 Å². The SMILES string of the molecule is CCc1ccc(S(=O)(=O)NCCNC(=O)c2ccc3nc[nH]c3c2)cc1.